The van der Waals surface area contributed by atoms with Crippen LogP contribution in [0.15, 0.2) is 18.2 Å². The van der Waals surface area contributed by atoms with Crippen LogP contribution in [0.25, 0.3) is 0 Å². The third kappa shape index (κ3) is 3.21. The van der Waals surface area contributed by atoms with Crippen molar-refractivity contribution in [2.45, 2.75) is 31.5 Å². The summed E-state index contributed by atoms with van der Waals surface area (Å²) >= 11 is 5.99. The summed E-state index contributed by atoms with van der Waals surface area (Å²) in [4.78, 5) is 12.5. The molecule has 1 N–H and O–H groups in total. The average molecular weight is 326 g/mol. The summed E-state index contributed by atoms with van der Waals surface area (Å²) < 4.78 is 16.6. The maximum absolute atomic E-state index is 12.5. The van der Waals surface area contributed by atoms with E-state index in [1.54, 1.807) is 25.3 Å². The fraction of sp³-hybridized carbons (Fsp3) is 0.562. The molecule has 0 radical (unpaired) electrons. The van der Waals surface area contributed by atoms with Gasteiger partial charge in [0.1, 0.15) is 5.75 Å². The predicted octanol–water partition coefficient (Wildman–Crippen LogP) is 3.22. The Balaban J connectivity index is 1.62. The number of benzene rings is 1. The van der Waals surface area contributed by atoms with E-state index in [0.29, 0.717) is 29.7 Å². The monoisotopic (exact) mass is 325 g/mol. The number of carbonyl (C=O) groups is 1. The molecule has 2 aliphatic rings. The van der Waals surface area contributed by atoms with Crippen molar-refractivity contribution >= 4 is 23.2 Å². The van der Waals surface area contributed by atoms with Crippen molar-refractivity contribution in [2.24, 2.45) is 5.92 Å². The highest BCUT2D eigenvalue weighted by molar-refractivity contribution is 6.31. The maximum Gasteiger partial charge on any atom is 0.227 e. The van der Waals surface area contributed by atoms with Crippen LogP contribution < -0.4 is 10.1 Å². The Morgan fingerprint density at radius 3 is 2.64 bits per heavy atom. The molecule has 0 bridgehead atoms. The first-order valence-corrected chi connectivity index (χ1v) is 7.92. The fourth-order valence-electron chi connectivity index (χ4n) is 3.12. The third-order valence-corrected chi connectivity index (χ3v) is 4.59. The molecule has 3 rings (SSSR count). The summed E-state index contributed by atoms with van der Waals surface area (Å²) in [6.45, 7) is 1.30. The number of anilines is 1. The number of hydrogen-bond donors (Lipinski definition) is 1. The largest absolute Gasteiger partial charge is 0.495 e. The van der Waals surface area contributed by atoms with E-state index in [1.807, 2.05) is 0 Å². The van der Waals surface area contributed by atoms with E-state index in [-0.39, 0.29) is 11.8 Å². The van der Waals surface area contributed by atoms with Gasteiger partial charge in [-0.2, -0.15) is 0 Å². The van der Waals surface area contributed by atoms with Gasteiger partial charge in [0.25, 0.3) is 0 Å². The quantitative estimate of drug-likeness (QED) is 0.927. The van der Waals surface area contributed by atoms with Gasteiger partial charge in [-0.25, -0.2) is 0 Å². The molecule has 1 aliphatic heterocycles. The van der Waals surface area contributed by atoms with Crippen molar-refractivity contribution in [2.75, 3.05) is 25.6 Å². The van der Waals surface area contributed by atoms with Gasteiger partial charge in [-0.3, -0.25) is 4.79 Å². The Hall–Kier alpha value is -1.30. The molecule has 1 aromatic carbocycles. The summed E-state index contributed by atoms with van der Waals surface area (Å²) in [5.41, 5.74) is 0.605. The summed E-state index contributed by atoms with van der Waals surface area (Å²) in [7, 11) is 1.57. The standard InChI is InChI=1S/C16H20ClNO4/c1-20-14-3-2-12(17)10-13(14)18-15(19)11-4-6-16(7-5-11)21-8-9-22-16/h2-3,10-11H,4-9H2,1H3,(H,18,19). The average Bonchev–Trinajstić information content (AvgIpc) is 2.96. The summed E-state index contributed by atoms with van der Waals surface area (Å²) in [6.07, 6.45) is 3.04. The molecule has 6 heteroatoms. The van der Waals surface area contributed by atoms with Crippen LogP contribution in [-0.4, -0.2) is 32.0 Å². The first kappa shape index (κ1) is 15.6. The molecule has 0 atom stereocenters. The lowest BCUT2D eigenvalue weighted by atomic mass is 9.84. The van der Waals surface area contributed by atoms with Crippen molar-refractivity contribution < 1.29 is 19.0 Å². The molecule has 1 amide bonds. The molecule has 1 heterocycles. The Kier molecular flexibility index (Phi) is 4.57. The van der Waals surface area contributed by atoms with E-state index in [4.69, 9.17) is 25.8 Å². The SMILES string of the molecule is COc1ccc(Cl)cc1NC(=O)C1CCC2(CC1)OCCO2. The van der Waals surface area contributed by atoms with Crippen molar-refractivity contribution in [3.63, 3.8) is 0 Å². The molecule has 1 saturated heterocycles. The van der Waals surface area contributed by atoms with E-state index in [0.717, 1.165) is 25.7 Å². The first-order chi connectivity index (χ1) is 10.6. The van der Waals surface area contributed by atoms with Gasteiger partial charge < -0.3 is 19.5 Å². The van der Waals surface area contributed by atoms with Gasteiger partial charge in [-0.15, -0.1) is 0 Å². The molecule has 0 unspecified atom stereocenters. The molecule has 1 aromatic rings. The molecule has 22 heavy (non-hydrogen) atoms. The molecule has 5 nitrogen and oxygen atoms in total. The first-order valence-electron chi connectivity index (χ1n) is 7.54. The minimum Gasteiger partial charge on any atom is -0.495 e. The van der Waals surface area contributed by atoms with Crippen LogP contribution in [0.4, 0.5) is 5.69 Å². The highest BCUT2D eigenvalue weighted by Crippen LogP contribution is 2.39. The number of halogens is 1. The van der Waals surface area contributed by atoms with Crippen LogP contribution >= 0.6 is 11.6 Å². The Morgan fingerprint density at radius 1 is 1.32 bits per heavy atom. The van der Waals surface area contributed by atoms with Crippen LogP contribution in [0.2, 0.25) is 5.02 Å². The second-order valence-electron chi connectivity index (χ2n) is 5.72. The Morgan fingerprint density at radius 2 is 2.00 bits per heavy atom. The molecule has 0 aromatic heterocycles. The van der Waals surface area contributed by atoms with Gasteiger partial charge in [0, 0.05) is 23.8 Å². The molecular weight excluding hydrogens is 306 g/mol. The number of rotatable bonds is 3. The number of hydrogen-bond acceptors (Lipinski definition) is 4. The summed E-state index contributed by atoms with van der Waals surface area (Å²) in [6, 6.07) is 5.18. The second-order valence-corrected chi connectivity index (χ2v) is 6.15. The predicted molar refractivity (Wildman–Crippen MR) is 83.2 cm³/mol. The zero-order valence-electron chi connectivity index (χ0n) is 12.6. The highest BCUT2D eigenvalue weighted by Gasteiger charge is 2.41. The highest BCUT2D eigenvalue weighted by atomic mass is 35.5. The minimum atomic E-state index is -0.440. The van der Waals surface area contributed by atoms with Gasteiger partial charge in [0.2, 0.25) is 5.91 Å². The van der Waals surface area contributed by atoms with Crippen LogP contribution in [0.3, 0.4) is 0 Å². The minimum absolute atomic E-state index is 0.00610. The van der Waals surface area contributed by atoms with Gasteiger partial charge in [0.15, 0.2) is 5.79 Å². The van der Waals surface area contributed by atoms with Gasteiger partial charge in [-0.1, -0.05) is 11.6 Å². The van der Waals surface area contributed by atoms with E-state index in [1.165, 1.54) is 0 Å². The molecule has 1 saturated carbocycles. The zero-order valence-corrected chi connectivity index (χ0v) is 13.3. The smallest absolute Gasteiger partial charge is 0.227 e. The van der Waals surface area contributed by atoms with E-state index in [2.05, 4.69) is 5.32 Å². The molecular formula is C16H20ClNO4. The lowest BCUT2D eigenvalue weighted by molar-refractivity contribution is -0.182. The van der Waals surface area contributed by atoms with Crippen LogP contribution in [0.1, 0.15) is 25.7 Å². The van der Waals surface area contributed by atoms with Crippen molar-refractivity contribution in [1.29, 1.82) is 0 Å². The number of methoxy groups -OCH3 is 1. The Labute approximate surface area is 134 Å². The Bertz CT molecular complexity index is 547. The van der Waals surface area contributed by atoms with Crippen molar-refractivity contribution in [3.8, 4) is 5.75 Å². The zero-order chi connectivity index (χ0) is 15.6. The van der Waals surface area contributed by atoms with E-state index >= 15 is 0 Å². The molecule has 1 spiro atoms. The molecule has 120 valence electrons. The molecule has 2 fully saturated rings. The van der Waals surface area contributed by atoms with E-state index in [9.17, 15) is 4.79 Å². The van der Waals surface area contributed by atoms with Gasteiger partial charge in [0.05, 0.1) is 26.0 Å². The van der Waals surface area contributed by atoms with Crippen molar-refractivity contribution in [3.05, 3.63) is 23.2 Å². The van der Waals surface area contributed by atoms with Crippen LogP contribution in [-0.2, 0) is 14.3 Å². The summed E-state index contributed by atoms with van der Waals surface area (Å²) in [5, 5.41) is 3.48. The maximum atomic E-state index is 12.5. The normalized spacial score (nSPS) is 21.0. The van der Waals surface area contributed by atoms with Gasteiger partial charge in [-0.05, 0) is 31.0 Å². The third-order valence-electron chi connectivity index (χ3n) is 4.35. The summed E-state index contributed by atoms with van der Waals surface area (Å²) in [5.74, 6) is 0.118. The lowest BCUT2D eigenvalue weighted by Crippen LogP contribution is -2.38. The lowest BCUT2D eigenvalue weighted by Gasteiger charge is -2.34. The molecule has 1 aliphatic carbocycles. The number of carbonyl (C=O) groups excluding carboxylic acids is 1. The van der Waals surface area contributed by atoms with Crippen LogP contribution in [0, 0.1) is 5.92 Å². The van der Waals surface area contributed by atoms with Crippen molar-refractivity contribution in [1.82, 2.24) is 0 Å². The number of ether oxygens (including phenoxy) is 3. The van der Waals surface area contributed by atoms with Gasteiger partial charge >= 0.3 is 0 Å². The fourth-order valence-corrected chi connectivity index (χ4v) is 3.29. The topological polar surface area (TPSA) is 56.8 Å². The number of nitrogens with one attached hydrogen (secondary N) is 1. The van der Waals surface area contributed by atoms with E-state index < -0.39 is 5.79 Å². The second kappa shape index (κ2) is 6.44. The van der Waals surface area contributed by atoms with Crippen LogP contribution in [0.5, 0.6) is 5.75 Å². The number of amides is 1.